The summed E-state index contributed by atoms with van der Waals surface area (Å²) in [6, 6.07) is 8.35. The van der Waals surface area contributed by atoms with Crippen LogP contribution in [0, 0.1) is 3.57 Å². The second-order valence-electron chi connectivity index (χ2n) is 4.68. The molecule has 0 saturated carbocycles. The number of carbonyl (C=O) groups is 1. The summed E-state index contributed by atoms with van der Waals surface area (Å²) in [6.07, 6.45) is -2.06. The lowest BCUT2D eigenvalue weighted by Gasteiger charge is -2.13. The van der Waals surface area contributed by atoms with Gasteiger partial charge in [-0.05, 0) is 64.6 Å². The molecule has 0 atom stereocenters. The normalized spacial score (nSPS) is 11.8. The smallest absolute Gasteiger partial charge is 0.322 e. The maximum absolute atomic E-state index is 13.0. The van der Waals surface area contributed by atoms with Crippen LogP contribution in [0.3, 0.4) is 0 Å². The lowest BCUT2D eigenvalue weighted by Crippen LogP contribution is -2.14. The summed E-state index contributed by atoms with van der Waals surface area (Å²) in [7, 11) is 0. The lowest BCUT2D eigenvalue weighted by atomic mass is 10.1. The lowest BCUT2D eigenvalue weighted by molar-refractivity contribution is -0.137. The molecule has 2 aromatic carbocycles. The van der Waals surface area contributed by atoms with Crippen molar-refractivity contribution in [3.05, 3.63) is 67.2 Å². The van der Waals surface area contributed by atoms with Crippen LogP contribution in [0.25, 0.3) is 6.08 Å². The molecule has 2 rings (SSSR count). The largest absolute Gasteiger partial charge is 0.418 e. The number of amides is 1. The van der Waals surface area contributed by atoms with Gasteiger partial charge in [0.05, 0.1) is 11.3 Å². The van der Waals surface area contributed by atoms with E-state index in [9.17, 15) is 18.0 Å². The molecular weight excluding hydrogens is 477 g/mol. The van der Waals surface area contributed by atoms with Gasteiger partial charge >= 0.3 is 6.18 Å². The molecule has 0 aliphatic heterocycles. The number of alkyl halides is 3. The average molecular weight is 486 g/mol. The Morgan fingerprint density at radius 1 is 1.12 bits per heavy atom. The second-order valence-corrected chi connectivity index (χ2v) is 6.77. The number of carbonyl (C=O) groups excluding carboxylic acids is 1. The molecule has 0 bridgehead atoms. The Morgan fingerprint density at radius 3 is 2.46 bits per heavy atom. The maximum Gasteiger partial charge on any atom is 0.418 e. The van der Waals surface area contributed by atoms with E-state index in [-0.39, 0.29) is 5.69 Å². The van der Waals surface area contributed by atoms with Gasteiger partial charge in [0.25, 0.3) is 0 Å². The van der Waals surface area contributed by atoms with E-state index < -0.39 is 17.6 Å². The first-order valence-electron chi connectivity index (χ1n) is 6.47. The van der Waals surface area contributed by atoms with Gasteiger partial charge in [-0.15, -0.1) is 0 Å². The Balaban J connectivity index is 2.20. The highest BCUT2D eigenvalue weighted by atomic mass is 127. The zero-order chi connectivity index (χ0) is 17.9. The number of rotatable bonds is 3. The fourth-order valence-electron chi connectivity index (χ4n) is 1.84. The molecule has 0 fully saturated rings. The minimum absolute atomic E-state index is 0.306. The Kier molecular flexibility index (Phi) is 6.17. The van der Waals surface area contributed by atoms with E-state index >= 15 is 0 Å². The number of halogens is 6. The Hall–Kier alpha value is -1.25. The van der Waals surface area contributed by atoms with Crippen molar-refractivity contribution < 1.29 is 18.0 Å². The summed E-state index contributed by atoms with van der Waals surface area (Å²) >= 11 is 13.5. The summed E-state index contributed by atoms with van der Waals surface area (Å²) in [4.78, 5) is 11.9. The van der Waals surface area contributed by atoms with Crippen molar-refractivity contribution in [2.24, 2.45) is 0 Å². The third-order valence-electron chi connectivity index (χ3n) is 2.92. The minimum Gasteiger partial charge on any atom is -0.322 e. The maximum atomic E-state index is 13.0. The Bertz CT molecular complexity index is 806. The molecule has 0 radical (unpaired) electrons. The van der Waals surface area contributed by atoms with E-state index in [2.05, 4.69) is 5.32 Å². The molecule has 1 N–H and O–H groups in total. The molecule has 126 valence electrons. The number of anilines is 1. The molecule has 8 heteroatoms. The van der Waals surface area contributed by atoms with Crippen LogP contribution in [-0.4, -0.2) is 5.91 Å². The number of nitrogens with one attached hydrogen (secondary N) is 1. The third-order valence-corrected chi connectivity index (χ3v) is 4.16. The molecule has 0 heterocycles. The van der Waals surface area contributed by atoms with Crippen molar-refractivity contribution in [3.63, 3.8) is 0 Å². The first-order valence-corrected chi connectivity index (χ1v) is 8.31. The zero-order valence-corrected chi connectivity index (χ0v) is 15.5. The molecule has 0 aliphatic rings. The standard InChI is InChI=1S/C16H9Cl2F3INO/c17-10-3-1-9(13(18)7-10)2-6-15(24)23-14-5-4-11(22)8-12(14)16(19,20)21/h1-8H,(H,23,24). The van der Waals surface area contributed by atoms with Crippen molar-refractivity contribution in [2.75, 3.05) is 5.32 Å². The highest BCUT2D eigenvalue weighted by Crippen LogP contribution is 2.35. The van der Waals surface area contributed by atoms with Crippen LogP contribution in [0.15, 0.2) is 42.5 Å². The third kappa shape index (κ3) is 5.12. The predicted octanol–water partition coefficient (Wildman–Crippen LogP) is 6.27. The van der Waals surface area contributed by atoms with Crippen molar-refractivity contribution in [1.82, 2.24) is 0 Å². The summed E-state index contributed by atoms with van der Waals surface area (Å²) in [5.41, 5.74) is -0.685. The fourth-order valence-corrected chi connectivity index (χ4v) is 2.80. The number of hydrogen-bond donors (Lipinski definition) is 1. The molecule has 0 saturated heterocycles. The predicted molar refractivity (Wildman–Crippen MR) is 98.3 cm³/mol. The SMILES string of the molecule is O=C(C=Cc1ccc(Cl)cc1Cl)Nc1ccc(I)cc1C(F)(F)F. The van der Waals surface area contributed by atoms with Crippen LogP contribution in [0.1, 0.15) is 11.1 Å². The number of benzene rings is 2. The van der Waals surface area contributed by atoms with E-state index in [1.54, 1.807) is 34.7 Å². The summed E-state index contributed by atoms with van der Waals surface area (Å²) in [5, 5.41) is 3.00. The first-order chi connectivity index (χ1) is 11.2. The van der Waals surface area contributed by atoms with Crippen molar-refractivity contribution >= 4 is 63.5 Å². The van der Waals surface area contributed by atoms with E-state index in [4.69, 9.17) is 23.2 Å². The molecule has 0 aliphatic carbocycles. The zero-order valence-electron chi connectivity index (χ0n) is 11.8. The molecule has 0 unspecified atom stereocenters. The van der Waals surface area contributed by atoms with Gasteiger partial charge in [0.2, 0.25) is 5.91 Å². The summed E-state index contributed by atoms with van der Waals surface area (Å²) in [6.45, 7) is 0. The van der Waals surface area contributed by atoms with Gasteiger partial charge in [-0.1, -0.05) is 29.3 Å². The van der Waals surface area contributed by atoms with E-state index in [1.807, 2.05) is 0 Å². The van der Waals surface area contributed by atoms with Gasteiger partial charge in [0.15, 0.2) is 0 Å². The summed E-state index contributed by atoms with van der Waals surface area (Å²) in [5.74, 6) is -0.701. The highest BCUT2D eigenvalue weighted by molar-refractivity contribution is 14.1. The first kappa shape index (κ1) is 19.1. The molecule has 0 aromatic heterocycles. The molecule has 2 nitrogen and oxygen atoms in total. The number of hydrogen-bond acceptors (Lipinski definition) is 1. The van der Waals surface area contributed by atoms with Crippen LogP contribution in [0.5, 0.6) is 0 Å². The van der Waals surface area contributed by atoms with Crippen LogP contribution >= 0.6 is 45.8 Å². The van der Waals surface area contributed by atoms with E-state index in [0.29, 0.717) is 19.2 Å². The van der Waals surface area contributed by atoms with E-state index in [0.717, 1.165) is 12.1 Å². The highest BCUT2D eigenvalue weighted by Gasteiger charge is 2.34. The van der Waals surface area contributed by atoms with Crippen molar-refractivity contribution in [2.45, 2.75) is 6.18 Å². The van der Waals surface area contributed by atoms with Crippen LogP contribution in [0.2, 0.25) is 10.0 Å². The van der Waals surface area contributed by atoms with E-state index in [1.165, 1.54) is 24.3 Å². The minimum atomic E-state index is -4.56. The quantitative estimate of drug-likeness (QED) is 0.403. The Labute approximate surface area is 159 Å². The van der Waals surface area contributed by atoms with Gasteiger partial charge in [-0.2, -0.15) is 13.2 Å². The van der Waals surface area contributed by atoms with Crippen LogP contribution < -0.4 is 5.32 Å². The molecule has 24 heavy (non-hydrogen) atoms. The topological polar surface area (TPSA) is 29.1 Å². The van der Waals surface area contributed by atoms with Gasteiger partial charge in [-0.3, -0.25) is 4.79 Å². The van der Waals surface area contributed by atoms with Crippen molar-refractivity contribution in [1.29, 1.82) is 0 Å². The van der Waals surface area contributed by atoms with Gasteiger partial charge < -0.3 is 5.32 Å². The summed E-state index contributed by atoms with van der Waals surface area (Å²) < 4.78 is 39.5. The van der Waals surface area contributed by atoms with Gasteiger partial charge in [0.1, 0.15) is 0 Å². The second kappa shape index (κ2) is 7.76. The monoisotopic (exact) mass is 485 g/mol. The molecular formula is C16H9Cl2F3INO. The van der Waals surface area contributed by atoms with Gasteiger partial charge in [-0.25, -0.2) is 0 Å². The van der Waals surface area contributed by atoms with Crippen LogP contribution in [0.4, 0.5) is 18.9 Å². The fraction of sp³-hybridized carbons (Fsp3) is 0.0625. The average Bonchev–Trinajstić information content (AvgIpc) is 2.47. The van der Waals surface area contributed by atoms with Gasteiger partial charge in [0, 0.05) is 19.7 Å². The Morgan fingerprint density at radius 2 is 1.83 bits per heavy atom. The molecule has 0 spiro atoms. The van der Waals surface area contributed by atoms with Crippen LogP contribution in [-0.2, 0) is 11.0 Å². The molecule has 1 amide bonds. The molecule has 2 aromatic rings. The van der Waals surface area contributed by atoms with Crippen molar-refractivity contribution in [3.8, 4) is 0 Å².